The smallest absolute Gasteiger partial charge is 0.259 e. The van der Waals surface area contributed by atoms with E-state index in [1.165, 1.54) is 12.0 Å². The number of likely N-dealkylation sites (tertiary alicyclic amines) is 1. The molecule has 0 radical (unpaired) electrons. The number of hydrogen-bond donors (Lipinski definition) is 0. The highest BCUT2D eigenvalue weighted by Gasteiger charge is 2.25. The van der Waals surface area contributed by atoms with Crippen molar-refractivity contribution in [2.75, 3.05) is 24.5 Å². The summed E-state index contributed by atoms with van der Waals surface area (Å²) >= 11 is 0. The molecule has 2 aromatic rings. The zero-order chi connectivity index (χ0) is 17.9. The second-order valence-corrected chi connectivity index (χ2v) is 7.00. The highest BCUT2D eigenvalue weighted by atomic mass is 16.2. The van der Waals surface area contributed by atoms with Crippen LogP contribution in [0.15, 0.2) is 42.7 Å². The van der Waals surface area contributed by atoms with E-state index in [2.05, 4.69) is 11.1 Å². The van der Waals surface area contributed by atoms with Crippen LogP contribution in [0.1, 0.15) is 52.0 Å². The molecule has 0 bridgehead atoms. The Morgan fingerprint density at radius 1 is 0.846 bits per heavy atom. The van der Waals surface area contributed by atoms with Gasteiger partial charge in [-0.05, 0) is 49.8 Å². The minimum Gasteiger partial charge on any atom is -0.339 e. The minimum atomic E-state index is -0.0852. The van der Waals surface area contributed by atoms with Crippen LogP contribution in [-0.4, -0.2) is 41.3 Å². The lowest BCUT2D eigenvalue weighted by Crippen LogP contribution is -2.37. The molecule has 2 amide bonds. The number of aryl methyl sites for hydroxylation is 1. The van der Waals surface area contributed by atoms with E-state index in [-0.39, 0.29) is 11.8 Å². The van der Waals surface area contributed by atoms with Gasteiger partial charge in [0.25, 0.3) is 11.8 Å². The van der Waals surface area contributed by atoms with E-state index in [0.29, 0.717) is 17.7 Å². The molecule has 1 saturated heterocycles. The van der Waals surface area contributed by atoms with Crippen molar-refractivity contribution in [3.63, 3.8) is 0 Å². The summed E-state index contributed by atoms with van der Waals surface area (Å²) in [6, 6.07) is 9.72. The number of pyridine rings is 1. The van der Waals surface area contributed by atoms with Gasteiger partial charge in [-0.25, -0.2) is 0 Å². The predicted molar refractivity (Wildman–Crippen MR) is 100 cm³/mol. The molecule has 134 valence electrons. The molecule has 1 fully saturated rings. The predicted octanol–water partition coefficient (Wildman–Crippen LogP) is 3.30. The summed E-state index contributed by atoms with van der Waals surface area (Å²) in [4.78, 5) is 33.6. The number of rotatable bonds is 2. The Kier molecular flexibility index (Phi) is 4.69. The molecular formula is C21H23N3O2. The number of fused-ring (bicyclic) bond motifs is 1. The van der Waals surface area contributed by atoms with Crippen LogP contribution in [0.2, 0.25) is 0 Å². The average molecular weight is 349 g/mol. The molecule has 2 aliphatic heterocycles. The summed E-state index contributed by atoms with van der Waals surface area (Å²) in [5.41, 5.74) is 3.14. The normalized spacial score (nSPS) is 16.9. The van der Waals surface area contributed by atoms with Gasteiger partial charge in [0.05, 0.1) is 11.1 Å². The van der Waals surface area contributed by atoms with Crippen LogP contribution in [0, 0.1) is 0 Å². The number of para-hydroxylation sites is 1. The third-order valence-corrected chi connectivity index (χ3v) is 5.23. The Hall–Kier alpha value is -2.69. The largest absolute Gasteiger partial charge is 0.339 e. The van der Waals surface area contributed by atoms with Gasteiger partial charge in [0.15, 0.2) is 0 Å². The topological polar surface area (TPSA) is 53.5 Å². The lowest BCUT2D eigenvalue weighted by Gasteiger charge is -2.29. The van der Waals surface area contributed by atoms with Gasteiger partial charge in [0.2, 0.25) is 0 Å². The van der Waals surface area contributed by atoms with Crippen molar-refractivity contribution in [1.29, 1.82) is 0 Å². The minimum absolute atomic E-state index is 0.0223. The zero-order valence-electron chi connectivity index (χ0n) is 14.9. The highest BCUT2D eigenvalue weighted by molar-refractivity contribution is 6.08. The van der Waals surface area contributed by atoms with E-state index in [1.54, 1.807) is 18.5 Å². The fourth-order valence-corrected chi connectivity index (χ4v) is 3.85. The van der Waals surface area contributed by atoms with E-state index in [1.807, 2.05) is 28.0 Å². The van der Waals surface area contributed by atoms with Crippen LogP contribution in [0.5, 0.6) is 0 Å². The van der Waals surface area contributed by atoms with Crippen molar-refractivity contribution < 1.29 is 9.59 Å². The van der Waals surface area contributed by atoms with E-state index < -0.39 is 0 Å². The first-order valence-electron chi connectivity index (χ1n) is 9.38. The molecule has 1 aromatic carbocycles. The van der Waals surface area contributed by atoms with Crippen molar-refractivity contribution in [1.82, 2.24) is 9.88 Å². The van der Waals surface area contributed by atoms with Gasteiger partial charge in [0, 0.05) is 37.7 Å². The third-order valence-electron chi connectivity index (χ3n) is 5.23. The molecule has 2 aliphatic rings. The summed E-state index contributed by atoms with van der Waals surface area (Å²) in [5.74, 6) is -0.108. The molecule has 3 heterocycles. The average Bonchev–Trinajstić information content (AvgIpc) is 2.73. The Bertz CT molecular complexity index is 828. The number of benzene rings is 1. The molecule has 4 rings (SSSR count). The quantitative estimate of drug-likeness (QED) is 0.836. The first-order valence-corrected chi connectivity index (χ1v) is 9.38. The maximum atomic E-state index is 13.1. The molecule has 26 heavy (non-hydrogen) atoms. The van der Waals surface area contributed by atoms with Crippen molar-refractivity contribution in [2.24, 2.45) is 0 Å². The summed E-state index contributed by atoms with van der Waals surface area (Å²) in [5, 5.41) is 0. The van der Waals surface area contributed by atoms with Crippen molar-refractivity contribution in [2.45, 2.75) is 32.1 Å². The molecule has 5 heteroatoms. The fourth-order valence-electron chi connectivity index (χ4n) is 3.85. The van der Waals surface area contributed by atoms with E-state index in [9.17, 15) is 9.59 Å². The van der Waals surface area contributed by atoms with Crippen LogP contribution < -0.4 is 4.90 Å². The Morgan fingerprint density at radius 2 is 1.58 bits per heavy atom. The monoisotopic (exact) mass is 349 g/mol. The lowest BCUT2D eigenvalue weighted by molar-refractivity contribution is 0.0724. The van der Waals surface area contributed by atoms with Crippen LogP contribution >= 0.6 is 0 Å². The Morgan fingerprint density at radius 3 is 2.38 bits per heavy atom. The molecule has 0 spiro atoms. The number of carbonyl (C=O) groups is 2. The number of nitrogens with zero attached hydrogens (tertiary/aromatic N) is 3. The first-order chi connectivity index (χ1) is 12.7. The number of anilines is 1. The Balaban J connectivity index is 1.59. The summed E-state index contributed by atoms with van der Waals surface area (Å²) in [6.07, 6.45) is 8.33. The Labute approximate surface area is 153 Å². The van der Waals surface area contributed by atoms with Gasteiger partial charge in [0.1, 0.15) is 0 Å². The molecule has 5 nitrogen and oxygen atoms in total. The fraction of sp³-hybridized carbons (Fsp3) is 0.381. The second-order valence-electron chi connectivity index (χ2n) is 7.00. The van der Waals surface area contributed by atoms with Crippen LogP contribution in [0.4, 0.5) is 5.69 Å². The van der Waals surface area contributed by atoms with E-state index in [4.69, 9.17) is 0 Å². The molecule has 0 aliphatic carbocycles. The maximum Gasteiger partial charge on any atom is 0.259 e. The summed E-state index contributed by atoms with van der Waals surface area (Å²) in [7, 11) is 0. The van der Waals surface area contributed by atoms with Gasteiger partial charge >= 0.3 is 0 Å². The number of aromatic nitrogens is 1. The van der Waals surface area contributed by atoms with Crippen molar-refractivity contribution in [3.8, 4) is 0 Å². The van der Waals surface area contributed by atoms with Crippen LogP contribution in [-0.2, 0) is 6.42 Å². The van der Waals surface area contributed by atoms with Crippen LogP contribution in [0.3, 0.4) is 0 Å². The van der Waals surface area contributed by atoms with Gasteiger partial charge in [-0.2, -0.15) is 0 Å². The third kappa shape index (κ3) is 3.21. The van der Waals surface area contributed by atoms with E-state index in [0.717, 1.165) is 44.5 Å². The number of carbonyl (C=O) groups excluding carboxylic acids is 2. The molecule has 1 aromatic heterocycles. The molecule has 0 saturated carbocycles. The van der Waals surface area contributed by atoms with Gasteiger partial charge < -0.3 is 9.80 Å². The molecule has 0 N–H and O–H groups in total. The van der Waals surface area contributed by atoms with Gasteiger partial charge in [-0.1, -0.05) is 18.2 Å². The number of amides is 2. The molecule has 0 atom stereocenters. The second kappa shape index (κ2) is 7.28. The van der Waals surface area contributed by atoms with Gasteiger partial charge in [-0.3, -0.25) is 14.6 Å². The summed E-state index contributed by atoms with van der Waals surface area (Å²) in [6.45, 7) is 2.27. The number of piperidine rings is 1. The summed E-state index contributed by atoms with van der Waals surface area (Å²) < 4.78 is 0. The van der Waals surface area contributed by atoms with Crippen LogP contribution in [0.25, 0.3) is 0 Å². The van der Waals surface area contributed by atoms with E-state index >= 15 is 0 Å². The van der Waals surface area contributed by atoms with Gasteiger partial charge in [-0.15, -0.1) is 0 Å². The highest BCUT2D eigenvalue weighted by Crippen LogP contribution is 2.28. The van der Waals surface area contributed by atoms with Crippen molar-refractivity contribution >= 4 is 17.5 Å². The zero-order valence-corrected chi connectivity index (χ0v) is 14.9. The van der Waals surface area contributed by atoms with Crippen molar-refractivity contribution in [3.05, 3.63) is 59.4 Å². The molecule has 0 unspecified atom stereocenters. The SMILES string of the molecule is O=C(c1cncc(C(=O)N2CCCc3ccccc32)c1)N1CCCCC1. The lowest BCUT2D eigenvalue weighted by atomic mass is 10.0. The number of hydrogen-bond acceptors (Lipinski definition) is 3. The maximum absolute atomic E-state index is 13.1. The standard InChI is InChI=1S/C21H23N3O2/c25-20(23-10-4-1-5-11-23)17-13-18(15-22-14-17)21(26)24-12-6-8-16-7-2-3-9-19(16)24/h2-3,7,9,13-15H,1,4-6,8,10-12H2. The molecular weight excluding hydrogens is 326 g/mol. The first kappa shape index (κ1) is 16.8.